The zero-order valence-electron chi connectivity index (χ0n) is 23.9. The van der Waals surface area contributed by atoms with Gasteiger partial charge in [0.25, 0.3) is 5.91 Å². The maximum Gasteiger partial charge on any atom is 0.254 e. The molecule has 1 aromatic carbocycles. The molecule has 0 saturated carbocycles. The topological polar surface area (TPSA) is 93.9 Å². The van der Waals surface area contributed by atoms with E-state index in [1.807, 2.05) is 45.9 Å². The molecule has 2 atom stereocenters. The van der Waals surface area contributed by atoms with Crippen molar-refractivity contribution in [3.8, 4) is 0 Å². The van der Waals surface area contributed by atoms with Crippen molar-refractivity contribution in [2.75, 3.05) is 33.4 Å². The van der Waals surface area contributed by atoms with E-state index in [1.54, 1.807) is 24.3 Å². The lowest BCUT2D eigenvalue weighted by atomic mass is 9.76. The van der Waals surface area contributed by atoms with Gasteiger partial charge in [0.1, 0.15) is 0 Å². The van der Waals surface area contributed by atoms with Crippen LogP contribution >= 0.6 is 0 Å². The number of methoxy groups -OCH3 is 1. The van der Waals surface area contributed by atoms with E-state index in [1.165, 1.54) is 0 Å². The fourth-order valence-corrected chi connectivity index (χ4v) is 4.92. The van der Waals surface area contributed by atoms with Crippen LogP contribution in [0, 0.1) is 0 Å². The number of rotatable bonds is 11. The van der Waals surface area contributed by atoms with Crippen molar-refractivity contribution in [3.63, 3.8) is 0 Å². The van der Waals surface area contributed by atoms with E-state index < -0.39 is 12.0 Å². The molecule has 0 aromatic heterocycles. The van der Waals surface area contributed by atoms with Crippen LogP contribution in [0.2, 0.25) is 0 Å². The Morgan fingerprint density at radius 2 is 1.95 bits per heavy atom. The van der Waals surface area contributed by atoms with Gasteiger partial charge in [-0.2, -0.15) is 0 Å². The summed E-state index contributed by atoms with van der Waals surface area (Å²) in [6, 6.07) is 6.88. The van der Waals surface area contributed by atoms with Crippen molar-refractivity contribution in [3.05, 3.63) is 71.0 Å². The summed E-state index contributed by atoms with van der Waals surface area (Å²) in [6.45, 7) is 9.79. The van der Waals surface area contributed by atoms with Crippen LogP contribution in [-0.4, -0.2) is 62.3 Å². The highest BCUT2D eigenvalue weighted by atomic mass is 16.5. The van der Waals surface area contributed by atoms with Gasteiger partial charge in [0.2, 0.25) is 5.91 Å². The van der Waals surface area contributed by atoms with Crippen molar-refractivity contribution in [1.82, 2.24) is 10.2 Å². The Morgan fingerprint density at radius 3 is 2.66 bits per heavy atom. The number of benzene rings is 1. The lowest BCUT2D eigenvalue weighted by molar-refractivity contribution is -0.123. The van der Waals surface area contributed by atoms with Crippen molar-refractivity contribution in [2.45, 2.75) is 77.9 Å². The molecule has 7 heteroatoms. The van der Waals surface area contributed by atoms with Gasteiger partial charge < -0.3 is 25.4 Å². The van der Waals surface area contributed by atoms with Gasteiger partial charge in [0, 0.05) is 32.4 Å². The highest BCUT2D eigenvalue weighted by molar-refractivity contribution is 6.01. The molecule has 210 valence electrons. The van der Waals surface area contributed by atoms with E-state index in [0.717, 1.165) is 36.0 Å². The number of nitrogens with zero attached hydrogens (tertiary/aromatic N) is 1. The molecule has 3 N–H and O–H groups in total. The largest absolute Gasteiger partial charge is 0.404 e. The molecule has 2 aliphatic rings. The van der Waals surface area contributed by atoms with Gasteiger partial charge in [-0.3, -0.25) is 9.59 Å². The highest BCUT2D eigenvalue weighted by Gasteiger charge is 2.45. The number of hydrogen-bond acceptors (Lipinski definition) is 5. The summed E-state index contributed by atoms with van der Waals surface area (Å²) in [7, 11) is 1.61. The number of nitrogens with two attached hydrogens (primary N) is 1. The first-order valence-electron chi connectivity index (χ1n) is 14.0. The molecule has 0 fully saturated rings. The molecule has 0 saturated heterocycles. The number of amides is 2. The lowest BCUT2D eigenvalue weighted by Crippen LogP contribution is -2.54. The molecular formula is C31H47N3O4. The fraction of sp³-hybridized carbons (Fsp3) is 0.548. The van der Waals surface area contributed by atoms with Gasteiger partial charge in [-0.15, -0.1) is 0 Å². The van der Waals surface area contributed by atoms with Crippen molar-refractivity contribution < 1.29 is 19.1 Å². The van der Waals surface area contributed by atoms with Crippen LogP contribution in [0.3, 0.4) is 0 Å². The number of fused-ring (bicyclic) bond motifs is 1. The molecule has 2 amide bonds. The quantitative estimate of drug-likeness (QED) is 0.310. The first-order chi connectivity index (χ1) is 18.5. The molecule has 0 bridgehead atoms. The van der Waals surface area contributed by atoms with E-state index >= 15 is 0 Å². The molecule has 0 spiro atoms. The Balaban J connectivity index is 0.00000247. The van der Waals surface area contributed by atoms with Crippen LogP contribution in [0.4, 0.5) is 0 Å². The molecule has 0 radical (unpaired) electrons. The molecule has 1 aromatic rings. The lowest BCUT2D eigenvalue weighted by Gasteiger charge is -2.43. The van der Waals surface area contributed by atoms with E-state index in [4.69, 9.17) is 15.2 Å². The van der Waals surface area contributed by atoms with E-state index in [2.05, 4.69) is 23.5 Å². The van der Waals surface area contributed by atoms with Gasteiger partial charge >= 0.3 is 0 Å². The van der Waals surface area contributed by atoms with Crippen molar-refractivity contribution in [2.24, 2.45) is 5.73 Å². The number of nitrogens with one attached hydrogen (secondary N) is 1. The molecule has 38 heavy (non-hydrogen) atoms. The van der Waals surface area contributed by atoms with Crippen LogP contribution in [0.1, 0.15) is 81.6 Å². The van der Waals surface area contributed by atoms with Gasteiger partial charge in [-0.25, -0.2) is 0 Å². The minimum Gasteiger partial charge on any atom is -0.404 e. The smallest absolute Gasteiger partial charge is 0.254 e. The summed E-state index contributed by atoms with van der Waals surface area (Å²) in [5.74, 6) is -0.816. The second-order valence-electron chi connectivity index (χ2n) is 9.52. The third-order valence-electron chi connectivity index (χ3n) is 6.67. The van der Waals surface area contributed by atoms with Crippen LogP contribution in [-0.2, 0) is 14.3 Å². The minimum absolute atomic E-state index is 0.108. The Bertz CT molecular complexity index is 983. The number of ether oxygens (including phenoxy) is 2. The Morgan fingerprint density at radius 1 is 1.18 bits per heavy atom. The Kier molecular flexibility index (Phi) is 13.9. The molecule has 1 aliphatic heterocycles. The van der Waals surface area contributed by atoms with E-state index in [9.17, 15) is 9.59 Å². The Hall–Kier alpha value is -2.90. The summed E-state index contributed by atoms with van der Waals surface area (Å²) >= 11 is 0. The zero-order valence-corrected chi connectivity index (χ0v) is 23.9. The van der Waals surface area contributed by atoms with E-state index in [0.29, 0.717) is 44.7 Å². The molecular weight excluding hydrogens is 478 g/mol. The number of allylic oxidation sites excluding steroid dienone is 3. The third-order valence-corrected chi connectivity index (χ3v) is 6.67. The summed E-state index contributed by atoms with van der Waals surface area (Å²) in [4.78, 5) is 29.3. The summed E-state index contributed by atoms with van der Waals surface area (Å²) in [5, 5.41) is 3.10. The number of carbonyl (C=O) groups is 2. The zero-order chi connectivity index (χ0) is 27.9. The molecule has 2 unspecified atom stereocenters. The summed E-state index contributed by atoms with van der Waals surface area (Å²) in [6.07, 6.45) is 12.7. The first kappa shape index (κ1) is 31.3. The fourth-order valence-electron chi connectivity index (χ4n) is 4.92. The second kappa shape index (κ2) is 16.8. The van der Waals surface area contributed by atoms with Gasteiger partial charge in [-0.1, -0.05) is 50.3 Å². The molecule has 1 heterocycles. The highest BCUT2D eigenvalue weighted by Crippen LogP contribution is 2.40. The average molecular weight is 526 g/mol. The second-order valence-corrected chi connectivity index (χ2v) is 9.52. The molecule has 1 aliphatic carbocycles. The molecule has 3 rings (SSSR count). The monoisotopic (exact) mass is 525 g/mol. The van der Waals surface area contributed by atoms with Crippen LogP contribution in [0.25, 0.3) is 0 Å². The number of carbonyl (C=O) groups excluding carboxylic acids is 2. The van der Waals surface area contributed by atoms with Gasteiger partial charge in [0.15, 0.2) is 0 Å². The number of hydrogen-bond donors (Lipinski definition) is 2. The summed E-state index contributed by atoms with van der Waals surface area (Å²) in [5.41, 5.74) is 9.44. The maximum atomic E-state index is 13.8. The third kappa shape index (κ3) is 8.30. The standard InChI is InChI=1S/C29H41N3O4.C2H6/c1-21(2)36-18-11-16-31-28(33)26-23-14-9-10-15-24(23)29(34)32(17-19-35-3)27(26)25(20-30)22-12-7-5-4-6-8-13-22;1-2/h5,7,9-10,13-15,20-21,26-27H,4,6,8,11-12,16-19,30H2,1-3H3,(H,31,33);1-2H3/b7-5-,22-13+,25-20+;. The van der Waals surface area contributed by atoms with Crippen LogP contribution in [0.15, 0.2) is 59.8 Å². The van der Waals surface area contributed by atoms with E-state index in [-0.39, 0.29) is 17.9 Å². The van der Waals surface area contributed by atoms with Crippen LogP contribution < -0.4 is 11.1 Å². The predicted molar refractivity (Wildman–Crippen MR) is 154 cm³/mol. The first-order valence-corrected chi connectivity index (χ1v) is 14.0. The SMILES string of the molecule is CC.COCCN1C(=O)c2ccccc2C(C(=O)NCCCOC(C)C)C1C(=C/N)/C1=C/CCC/C=C\C1. The summed E-state index contributed by atoms with van der Waals surface area (Å²) < 4.78 is 11.0. The van der Waals surface area contributed by atoms with Gasteiger partial charge in [0.05, 0.1) is 24.7 Å². The average Bonchev–Trinajstić information content (AvgIpc) is 2.90. The van der Waals surface area contributed by atoms with Crippen molar-refractivity contribution >= 4 is 11.8 Å². The molecule has 7 nitrogen and oxygen atoms in total. The minimum atomic E-state index is -0.591. The van der Waals surface area contributed by atoms with Crippen molar-refractivity contribution in [1.29, 1.82) is 0 Å². The maximum absolute atomic E-state index is 13.8. The van der Waals surface area contributed by atoms with Crippen LogP contribution in [0.5, 0.6) is 0 Å². The Labute approximate surface area is 229 Å². The normalized spacial score (nSPS) is 21.8. The predicted octanol–water partition coefficient (Wildman–Crippen LogP) is 5.10. The van der Waals surface area contributed by atoms with Gasteiger partial charge in [-0.05, 0) is 74.9 Å².